The molecule has 5 nitrogen and oxygen atoms in total. The van der Waals surface area contributed by atoms with Crippen molar-refractivity contribution in [1.29, 1.82) is 0 Å². The molecule has 0 rings (SSSR count). The summed E-state index contributed by atoms with van der Waals surface area (Å²) < 4.78 is 10.1. The van der Waals surface area contributed by atoms with Crippen LogP contribution in [0.25, 0.3) is 0 Å². The van der Waals surface area contributed by atoms with Gasteiger partial charge in [0.2, 0.25) is 0 Å². The van der Waals surface area contributed by atoms with Crippen LogP contribution in [0.4, 0.5) is 0 Å². The molecule has 0 aromatic rings. The van der Waals surface area contributed by atoms with E-state index in [4.69, 9.17) is 9.47 Å². The molecule has 0 bridgehead atoms. The molecule has 0 aromatic heterocycles. The second-order valence-corrected chi connectivity index (χ2v) is 6.62. The van der Waals surface area contributed by atoms with Crippen molar-refractivity contribution in [3.8, 4) is 0 Å². The zero-order chi connectivity index (χ0) is 20.9. The number of unbranched alkanes of at least 4 members (excludes halogenated alkanes) is 3. The molecule has 0 saturated heterocycles. The third kappa shape index (κ3) is 17.5. The van der Waals surface area contributed by atoms with Crippen LogP contribution in [0, 0.1) is 0 Å². The molecular weight excluding hydrogens is 356 g/mol. The van der Waals surface area contributed by atoms with Crippen molar-refractivity contribution in [1.82, 2.24) is 0 Å². The number of rotatable bonds is 17. The first kappa shape index (κ1) is 26.1. The highest BCUT2D eigenvalue weighted by atomic mass is 16.6. The first-order chi connectivity index (χ1) is 13.6. The van der Waals surface area contributed by atoms with Crippen molar-refractivity contribution in [3.05, 3.63) is 36.5 Å². The van der Waals surface area contributed by atoms with E-state index in [-0.39, 0.29) is 25.2 Å². The van der Waals surface area contributed by atoms with Gasteiger partial charge in [-0.3, -0.25) is 9.59 Å². The number of hydrogen-bond acceptors (Lipinski definition) is 5. The van der Waals surface area contributed by atoms with Crippen LogP contribution in [0.15, 0.2) is 36.5 Å². The molecule has 0 heterocycles. The Morgan fingerprint density at radius 1 is 0.857 bits per heavy atom. The lowest BCUT2D eigenvalue weighted by Crippen LogP contribution is -2.28. The summed E-state index contributed by atoms with van der Waals surface area (Å²) in [6.07, 6.45) is 20.4. The van der Waals surface area contributed by atoms with E-state index in [9.17, 15) is 14.7 Å². The fourth-order valence-corrected chi connectivity index (χ4v) is 2.37. The van der Waals surface area contributed by atoms with Crippen molar-refractivity contribution in [2.24, 2.45) is 0 Å². The third-order valence-electron chi connectivity index (χ3n) is 3.92. The molecule has 1 unspecified atom stereocenters. The molecule has 0 aliphatic carbocycles. The van der Waals surface area contributed by atoms with E-state index in [0.717, 1.165) is 44.9 Å². The molecule has 0 saturated carbocycles. The minimum Gasteiger partial charge on any atom is -0.462 e. The molecule has 5 heteroatoms. The maximum Gasteiger partial charge on any atom is 0.306 e. The summed E-state index contributed by atoms with van der Waals surface area (Å²) in [5.74, 6) is -0.697. The maximum atomic E-state index is 11.8. The summed E-state index contributed by atoms with van der Waals surface area (Å²) in [6, 6.07) is 0. The Labute approximate surface area is 170 Å². The minimum atomic E-state index is -0.776. The summed E-state index contributed by atoms with van der Waals surface area (Å²) in [7, 11) is 0. The Morgan fingerprint density at radius 2 is 1.54 bits per heavy atom. The molecule has 28 heavy (non-hydrogen) atoms. The zero-order valence-corrected chi connectivity index (χ0v) is 17.6. The van der Waals surface area contributed by atoms with Gasteiger partial charge in [0.1, 0.15) is 6.61 Å². The van der Waals surface area contributed by atoms with Gasteiger partial charge in [-0.15, -0.1) is 0 Å². The van der Waals surface area contributed by atoms with Gasteiger partial charge >= 0.3 is 11.9 Å². The molecule has 1 atom stereocenters. The van der Waals surface area contributed by atoms with Crippen molar-refractivity contribution in [2.75, 3.05) is 13.2 Å². The van der Waals surface area contributed by atoms with E-state index < -0.39 is 6.10 Å². The number of carbonyl (C=O) groups excluding carboxylic acids is 2. The molecule has 0 aliphatic heterocycles. The number of hydrogen-bond donors (Lipinski definition) is 1. The fraction of sp³-hybridized carbons (Fsp3) is 0.652. The van der Waals surface area contributed by atoms with Gasteiger partial charge in [-0.25, -0.2) is 0 Å². The molecule has 160 valence electrons. The maximum absolute atomic E-state index is 11.8. The van der Waals surface area contributed by atoms with Crippen LogP contribution in [0.1, 0.15) is 78.1 Å². The molecule has 0 aromatic carbocycles. The van der Waals surface area contributed by atoms with E-state index in [0.29, 0.717) is 19.3 Å². The number of allylic oxidation sites excluding steroid dienone is 6. The number of ether oxygens (including phenoxy) is 2. The molecule has 0 amide bonds. The highest BCUT2D eigenvalue weighted by molar-refractivity contribution is 5.70. The average Bonchev–Trinajstić information content (AvgIpc) is 2.68. The van der Waals surface area contributed by atoms with Gasteiger partial charge in [0.15, 0.2) is 6.10 Å². The second kappa shape index (κ2) is 19.9. The number of esters is 2. The van der Waals surface area contributed by atoms with Gasteiger partial charge in [-0.05, 0) is 44.9 Å². The molecular formula is C23H38O5. The largest absolute Gasteiger partial charge is 0.462 e. The summed E-state index contributed by atoms with van der Waals surface area (Å²) in [5, 5.41) is 9.22. The summed E-state index contributed by atoms with van der Waals surface area (Å²) in [4.78, 5) is 23.1. The van der Waals surface area contributed by atoms with Gasteiger partial charge in [-0.2, -0.15) is 0 Å². The molecule has 0 aliphatic rings. The predicted octanol–water partition coefficient (Wildman–Crippen LogP) is 5.04. The lowest BCUT2D eigenvalue weighted by molar-refractivity contribution is -0.161. The SMILES string of the molecule is CC/C=C\C/C=C\C/C=C\CCCCCC(=O)OC(CO)COC(=O)CCC. The Morgan fingerprint density at radius 3 is 2.18 bits per heavy atom. The first-order valence-electron chi connectivity index (χ1n) is 10.5. The van der Waals surface area contributed by atoms with Crippen molar-refractivity contribution < 1.29 is 24.2 Å². The van der Waals surface area contributed by atoms with Crippen molar-refractivity contribution in [3.63, 3.8) is 0 Å². The number of aliphatic hydroxyl groups is 1. The van der Waals surface area contributed by atoms with Gasteiger partial charge in [0, 0.05) is 12.8 Å². The topological polar surface area (TPSA) is 72.8 Å². The van der Waals surface area contributed by atoms with E-state index >= 15 is 0 Å². The predicted molar refractivity (Wildman–Crippen MR) is 113 cm³/mol. The molecule has 0 spiro atoms. The molecule has 0 radical (unpaired) electrons. The minimum absolute atomic E-state index is 0.0881. The number of aliphatic hydroxyl groups excluding tert-OH is 1. The van der Waals surface area contributed by atoms with Crippen LogP contribution in [-0.2, 0) is 19.1 Å². The normalized spacial score (nSPS) is 12.8. The van der Waals surface area contributed by atoms with Gasteiger partial charge in [-0.1, -0.05) is 56.7 Å². The van der Waals surface area contributed by atoms with Crippen LogP contribution in [-0.4, -0.2) is 36.4 Å². The van der Waals surface area contributed by atoms with Crippen LogP contribution in [0.5, 0.6) is 0 Å². The van der Waals surface area contributed by atoms with Crippen LogP contribution in [0.3, 0.4) is 0 Å². The van der Waals surface area contributed by atoms with Gasteiger partial charge in [0.05, 0.1) is 6.61 Å². The van der Waals surface area contributed by atoms with Crippen LogP contribution >= 0.6 is 0 Å². The lowest BCUT2D eigenvalue weighted by atomic mass is 10.1. The molecule has 1 N–H and O–H groups in total. The Hall–Kier alpha value is -1.88. The zero-order valence-electron chi connectivity index (χ0n) is 17.6. The smallest absolute Gasteiger partial charge is 0.306 e. The van der Waals surface area contributed by atoms with Gasteiger partial charge < -0.3 is 14.6 Å². The van der Waals surface area contributed by atoms with E-state index in [1.807, 2.05) is 6.92 Å². The monoisotopic (exact) mass is 394 g/mol. The molecule has 0 fully saturated rings. The van der Waals surface area contributed by atoms with E-state index in [1.54, 1.807) is 0 Å². The number of carbonyl (C=O) groups is 2. The van der Waals surface area contributed by atoms with Crippen molar-refractivity contribution >= 4 is 11.9 Å². The van der Waals surface area contributed by atoms with E-state index in [1.165, 1.54) is 0 Å². The lowest BCUT2D eigenvalue weighted by Gasteiger charge is -2.15. The quantitative estimate of drug-likeness (QED) is 0.212. The fourth-order valence-electron chi connectivity index (χ4n) is 2.37. The van der Waals surface area contributed by atoms with Crippen LogP contribution < -0.4 is 0 Å². The van der Waals surface area contributed by atoms with E-state index in [2.05, 4.69) is 43.4 Å². The standard InChI is InChI=1S/C23H38O5/c1-3-5-6-7-8-9-10-11-12-13-14-15-16-18-23(26)28-21(19-24)20-27-22(25)17-4-2/h5-6,8-9,11-12,21,24H,3-4,7,10,13-20H2,1-2H3/b6-5-,9-8-,12-11-. The summed E-state index contributed by atoms with van der Waals surface area (Å²) in [5.41, 5.74) is 0. The van der Waals surface area contributed by atoms with Crippen LogP contribution in [0.2, 0.25) is 0 Å². The van der Waals surface area contributed by atoms with Crippen molar-refractivity contribution in [2.45, 2.75) is 84.2 Å². The highest BCUT2D eigenvalue weighted by Crippen LogP contribution is 2.07. The Balaban J connectivity index is 3.68. The summed E-state index contributed by atoms with van der Waals surface area (Å²) in [6.45, 7) is 3.57. The Bertz CT molecular complexity index is 479. The highest BCUT2D eigenvalue weighted by Gasteiger charge is 2.15. The first-order valence-corrected chi connectivity index (χ1v) is 10.5. The van der Waals surface area contributed by atoms with Gasteiger partial charge in [0.25, 0.3) is 0 Å². The summed E-state index contributed by atoms with van der Waals surface area (Å²) >= 11 is 0. The average molecular weight is 395 g/mol. The second-order valence-electron chi connectivity index (χ2n) is 6.62. The third-order valence-corrected chi connectivity index (χ3v) is 3.92. The Kier molecular flexibility index (Phi) is 18.5.